The molecule has 0 amide bonds. The normalized spacial score (nSPS) is 25.7. The maximum absolute atomic E-state index is 5.50. The fourth-order valence-electron chi connectivity index (χ4n) is 6.61. The Morgan fingerprint density at radius 3 is 2.51 bits per heavy atom. The van der Waals surface area contributed by atoms with E-state index in [9.17, 15) is 0 Å². The standard InChI is InChI=1S/C33H50N2/c1-9-12-13-16-24-18-26(24)27-19-25-20-31(33(6,7)8)35-21-28(22(4)14-10-2)23(5)17-30(35)32(25)34-29(27)15-11-3/h19,21,24,26,30-31H,4-5,9-18,20H2,1-3,6-8H3. The van der Waals surface area contributed by atoms with Gasteiger partial charge < -0.3 is 4.90 Å². The Hall–Kier alpha value is -1.83. The van der Waals surface area contributed by atoms with Crippen LogP contribution in [0.25, 0.3) is 0 Å². The molecule has 1 fully saturated rings. The maximum Gasteiger partial charge on any atom is 0.0755 e. The fourth-order valence-corrected chi connectivity index (χ4v) is 6.61. The molecule has 1 saturated carbocycles. The molecule has 0 spiro atoms. The highest BCUT2D eigenvalue weighted by molar-refractivity contribution is 5.49. The Morgan fingerprint density at radius 1 is 1.09 bits per heavy atom. The summed E-state index contributed by atoms with van der Waals surface area (Å²) in [5.41, 5.74) is 9.79. The monoisotopic (exact) mass is 474 g/mol. The van der Waals surface area contributed by atoms with Crippen LogP contribution in [-0.4, -0.2) is 15.9 Å². The van der Waals surface area contributed by atoms with Crippen LogP contribution >= 0.6 is 0 Å². The van der Waals surface area contributed by atoms with Gasteiger partial charge in [-0.15, -0.1) is 0 Å². The molecule has 1 aromatic heterocycles. The molecule has 0 bridgehead atoms. The van der Waals surface area contributed by atoms with Crippen LogP contribution in [0.2, 0.25) is 0 Å². The van der Waals surface area contributed by atoms with E-state index >= 15 is 0 Å². The minimum atomic E-state index is 0.187. The van der Waals surface area contributed by atoms with Gasteiger partial charge in [-0.25, -0.2) is 0 Å². The molecule has 0 N–H and O–H groups in total. The number of nitrogens with zero attached hydrogens (tertiary/aromatic N) is 2. The van der Waals surface area contributed by atoms with Crippen LogP contribution in [0.1, 0.15) is 134 Å². The van der Waals surface area contributed by atoms with Crippen molar-refractivity contribution in [2.75, 3.05) is 0 Å². The van der Waals surface area contributed by atoms with Gasteiger partial charge in [0.15, 0.2) is 0 Å². The first-order chi connectivity index (χ1) is 16.7. The Kier molecular flexibility index (Phi) is 7.99. The van der Waals surface area contributed by atoms with Gasteiger partial charge in [0.2, 0.25) is 0 Å². The third kappa shape index (κ3) is 5.47. The van der Waals surface area contributed by atoms with Crippen LogP contribution in [0.4, 0.5) is 0 Å². The van der Waals surface area contributed by atoms with Crippen molar-refractivity contribution in [3.8, 4) is 0 Å². The zero-order valence-electron chi connectivity index (χ0n) is 23.6. The number of hydrogen-bond acceptors (Lipinski definition) is 2. The number of allylic oxidation sites excluding steroid dienone is 2. The molecule has 0 radical (unpaired) electrons. The molecule has 192 valence electrons. The van der Waals surface area contributed by atoms with E-state index in [2.05, 4.69) is 71.9 Å². The molecule has 0 saturated heterocycles. The van der Waals surface area contributed by atoms with E-state index in [0.717, 1.165) is 43.9 Å². The first-order valence-electron chi connectivity index (χ1n) is 14.6. The molecule has 3 aliphatic rings. The van der Waals surface area contributed by atoms with Crippen molar-refractivity contribution < 1.29 is 0 Å². The summed E-state index contributed by atoms with van der Waals surface area (Å²) in [6.07, 6.45) is 15.8. The van der Waals surface area contributed by atoms with Crippen LogP contribution < -0.4 is 0 Å². The second-order valence-corrected chi connectivity index (χ2v) is 12.7. The first-order valence-corrected chi connectivity index (χ1v) is 14.6. The Balaban J connectivity index is 1.71. The molecular formula is C33H50N2. The summed E-state index contributed by atoms with van der Waals surface area (Å²) in [4.78, 5) is 8.16. The van der Waals surface area contributed by atoms with E-state index in [-0.39, 0.29) is 5.41 Å². The van der Waals surface area contributed by atoms with Crippen molar-refractivity contribution in [3.63, 3.8) is 0 Å². The van der Waals surface area contributed by atoms with Crippen molar-refractivity contribution in [1.29, 1.82) is 0 Å². The van der Waals surface area contributed by atoms with Crippen LogP contribution in [0.5, 0.6) is 0 Å². The maximum atomic E-state index is 5.50. The van der Waals surface area contributed by atoms with E-state index in [1.807, 2.05) is 0 Å². The van der Waals surface area contributed by atoms with Gasteiger partial charge in [0.25, 0.3) is 0 Å². The lowest BCUT2D eigenvalue weighted by atomic mass is 9.74. The third-order valence-corrected chi connectivity index (χ3v) is 8.71. The average Bonchev–Trinajstić information content (AvgIpc) is 3.57. The molecule has 4 atom stereocenters. The molecule has 1 aromatic rings. The van der Waals surface area contributed by atoms with Crippen LogP contribution in [0, 0.1) is 11.3 Å². The first kappa shape index (κ1) is 26.2. The summed E-state index contributed by atoms with van der Waals surface area (Å²) < 4.78 is 0. The van der Waals surface area contributed by atoms with Gasteiger partial charge in [0.1, 0.15) is 0 Å². The van der Waals surface area contributed by atoms with Crippen LogP contribution in [0.3, 0.4) is 0 Å². The summed E-state index contributed by atoms with van der Waals surface area (Å²) in [6.45, 7) is 23.0. The third-order valence-electron chi connectivity index (χ3n) is 8.71. The molecule has 2 heteroatoms. The number of fused-ring (bicyclic) bond motifs is 3. The van der Waals surface area contributed by atoms with Gasteiger partial charge >= 0.3 is 0 Å². The minimum absolute atomic E-state index is 0.187. The Labute approximate surface area is 216 Å². The van der Waals surface area contributed by atoms with Crippen molar-refractivity contribution >= 4 is 0 Å². The Morgan fingerprint density at radius 2 is 1.86 bits per heavy atom. The number of pyridine rings is 1. The van der Waals surface area contributed by atoms with E-state index in [0.29, 0.717) is 12.1 Å². The van der Waals surface area contributed by atoms with Crippen molar-refractivity contribution in [1.82, 2.24) is 9.88 Å². The predicted molar refractivity (Wildman–Crippen MR) is 151 cm³/mol. The number of aromatic nitrogens is 1. The van der Waals surface area contributed by atoms with Gasteiger partial charge in [-0.1, -0.05) is 92.9 Å². The van der Waals surface area contributed by atoms with Gasteiger partial charge in [0, 0.05) is 17.9 Å². The van der Waals surface area contributed by atoms with Crippen molar-refractivity contribution in [2.45, 2.75) is 130 Å². The average molecular weight is 475 g/mol. The summed E-state index contributed by atoms with van der Waals surface area (Å²) in [7, 11) is 0. The molecule has 35 heavy (non-hydrogen) atoms. The van der Waals surface area contributed by atoms with Gasteiger partial charge in [-0.3, -0.25) is 4.98 Å². The van der Waals surface area contributed by atoms with Crippen molar-refractivity contribution in [2.24, 2.45) is 11.3 Å². The SMILES string of the molecule is C=C(CCC)C1=CN2C(CC1=C)c1nc(CCC)c(C3CC3CCCCC)cc1CC2C(C)(C)C. The Bertz CT molecular complexity index is 976. The van der Waals surface area contributed by atoms with Gasteiger partial charge in [-0.2, -0.15) is 0 Å². The van der Waals surface area contributed by atoms with Gasteiger partial charge in [-0.05, 0) is 83.6 Å². The molecular weight excluding hydrogens is 424 g/mol. The topological polar surface area (TPSA) is 16.1 Å². The number of rotatable bonds is 10. The second-order valence-electron chi connectivity index (χ2n) is 12.7. The molecule has 4 unspecified atom stereocenters. The summed E-state index contributed by atoms with van der Waals surface area (Å²) >= 11 is 0. The highest BCUT2D eigenvalue weighted by Gasteiger charge is 2.44. The molecule has 2 nitrogen and oxygen atoms in total. The van der Waals surface area contributed by atoms with Crippen LogP contribution in [0.15, 0.2) is 42.1 Å². The highest BCUT2D eigenvalue weighted by atomic mass is 15.2. The van der Waals surface area contributed by atoms with E-state index in [4.69, 9.17) is 4.98 Å². The summed E-state index contributed by atoms with van der Waals surface area (Å²) in [5, 5.41) is 0. The fraction of sp³-hybridized carbons (Fsp3) is 0.667. The lowest BCUT2D eigenvalue weighted by Crippen LogP contribution is -2.49. The summed E-state index contributed by atoms with van der Waals surface area (Å²) in [5.74, 6) is 1.64. The highest BCUT2D eigenvalue weighted by Crippen LogP contribution is 2.53. The lowest BCUT2D eigenvalue weighted by Gasteiger charge is -2.50. The number of aryl methyl sites for hydroxylation is 1. The second kappa shape index (κ2) is 10.7. The molecule has 3 heterocycles. The molecule has 1 aliphatic carbocycles. The molecule has 2 aliphatic heterocycles. The lowest BCUT2D eigenvalue weighted by molar-refractivity contribution is 0.0841. The minimum Gasteiger partial charge on any atom is -0.364 e. The zero-order valence-corrected chi connectivity index (χ0v) is 23.6. The molecule has 0 aromatic carbocycles. The smallest absolute Gasteiger partial charge is 0.0755 e. The number of unbranched alkanes of at least 4 members (excludes halogenated alkanes) is 2. The quantitative estimate of drug-likeness (QED) is 0.314. The van der Waals surface area contributed by atoms with Crippen LogP contribution in [-0.2, 0) is 12.8 Å². The van der Waals surface area contributed by atoms with Crippen molar-refractivity contribution in [3.05, 3.63) is 64.7 Å². The summed E-state index contributed by atoms with van der Waals surface area (Å²) in [6, 6.07) is 3.38. The van der Waals surface area contributed by atoms with E-state index in [1.165, 1.54) is 72.2 Å². The molecule has 4 rings (SSSR count). The largest absolute Gasteiger partial charge is 0.364 e. The van der Waals surface area contributed by atoms with Gasteiger partial charge in [0.05, 0.1) is 11.7 Å². The number of hydrogen-bond donors (Lipinski definition) is 0. The predicted octanol–water partition coefficient (Wildman–Crippen LogP) is 9.23. The van der Waals surface area contributed by atoms with E-state index in [1.54, 1.807) is 5.56 Å². The van der Waals surface area contributed by atoms with E-state index < -0.39 is 0 Å². The zero-order chi connectivity index (χ0) is 25.3.